The lowest BCUT2D eigenvalue weighted by Gasteiger charge is -2.30. The van der Waals surface area contributed by atoms with Crippen molar-refractivity contribution in [1.29, 1.82) is 0 Å². The second-order valence-corrected chi connectivity index (χ2v) is 8.88. The van der Waals surface area contributed by atoms with Gasteiger partial charge in [-0.3, -0.25) is 0 Å². The van der Waals surface area contributed by atoms with Gasteiger partial charge in [0.25, 0.3) is 0 Å². The number of hydrogen-bond donors (Lipinski definition) is 4. The third-order valence-electron chi connectivity index (χ3n) is 6.96. The molecule has 4 nitrogen and oxygen atoms in total. The molecule has 0 saturated heterocycles. The predicted octanol–water partition coefficient (Wildman–Crippen LogP) is 4.52. The molecule has 0 amide bonds. The first-order valence-corrected chi connectivity index (χ1v) is 11.6. The Balaban J connectivity index is 1.37. The lowest BCUT2D eigenvalue weighted by atomic mass is 9.62. The molecule has 0 bridgehead atoms. The minimum atomic E-state index is -0.743. The Labute approximate surface area is 198 Å². The van der Waals surface area contributed by atoms with Crippen LogP contribution in [0.3, 0.4) is 0 Å². The third kappa shape index (κ3) is 2.86. The highest BCUT2D eigenvalue weighted by Crippen LogP contribution is 2.39. The van der Waals surface area contributed by atoms with Gasteiger partial charge < -0.3 is 20.7 Å². The molecule has 2 heterocycles. The van der Waals surface area contributed by atoms with E-state index in [4.69, 9.17) is 0 Å². The van der Waals surface area contributed by atoms with Crippen LogP contribution in [-0.2, 0) is 0 Å². The first-order valence-electron chi connectivity index (χ1n) is 11.6. The number of fused-ring (bicyclic) bond motifs is 3. The van der Waals surface area contributed by atoms with Crippen molar-refractivity contribution in [3.63, 3.8) is 0 Å². The standard InChI is InChI=1S/C28H21B2N3O/c34-30-24-15-4-2-11-20(24)22-13-7-12-21(28(22)33-30)19-10-1-3-14-23(19)29-31-25-16-5-8-18-9-6-17-26(32-29)27(18)25/h1-17,31-34H. The minimum Gasteiger partial charge on any atom is -0.429 e. The van der Waals surface area contributed by atoms with E-state index in [0.29, 0.717) is 0 Å². The van der Waals surface area contributed by atoms with Crippen LogP contribution in [0.4, 0.5) is 17.1 Å². The molecule has 0 radical (unpaired) electrons. The largest absolute Gasteiger partial charge is 0.447 e. The molecule has 0 unspecified atom stereocenters. The number of benzene rings is 5. The SMILES string of the molecule is OB1Nc2c(cccc2-c2ccccc2B2Nc3cccc4cccc(c34)N2)-c2ccccc21. The minimum absolute atomic E-state index is 0.0895. The Morgan fingerprint density at radius 2 is 1.03 bits per heavy atom. The molecule has 0 fully saturated rings. The molecule has 0 spiro atoms. The van der Waals surface area contributed by atoms with Crippen LogP contribution in [0.25, 0.3) is 33.0 Å². The van der Waals surface area contributed by atoms with Crippen LogP contribution >= 0.6 is 0 Å². The maximum atomic E-state index is 10.9. The van der Waals surface area contributed by atoms with Crippen molar-refractivity contribution in [1.82, 2.24) is 0 Å². The monoisotopic (exact) mass is 437 g/mol. The smallest absolute Gasteiger partial charge is 0.429 e. The second kappa shape index (κ2) is 7.44. The highest BCUT2D eigenvalue weighted by atomic mass is 16.2. The maximum Gasteiger partial charge on any atom is 0.447 e. The molecule has 6 heteroatoms. The van der Waals surface area contributed by atoms with Gasteiger partial charge in [0.2, 0.25) is 0 Å². The molecule has 2 aliphatic heterocycles. The van der Waals surface area contributed by atoms with Crippen LogP contribution in [0, 0.1) is 0 Å². The molecule has 160 valence electrons. The molecule has 5 aromatic carbocycles. The first kappa shape index (κ1) is 19.3. The third-order valence-corrected chi connectivity index (χ3v) is 6.96. The van der Waals surface area contributed by atoms with Crippen LogP contribution in [0.2, 0.25) is 0 Å². The predicted molar refractivity (Wildman–Crippen MR) is 145 cm³/mol. The Hall–Kier alpha value is -4.15. The van der Waals surface area contributed by atoms with E-state index in [1.807, 2.05) is 18.2 Å². The molecule has 0 aliphatic carbocycles. The molecule has 34 heavy (non-hydrogen) atoms. The number of anilines is 3. The van der Waals surface area contributed by atoms with E-state index in [0.717, 1.165) is 50.2 Å². The van der Waals surface area contributed by atoms with Gasteiger partial charge in [-0.05, 0) is 39.6 Å². The molecule has 2 aliphatic rings. The van der Waals surface area contributed by atoms with Gasteiger partial charge in [-0.1, -0.05) is 91.0 Å². The molecular weight excluding hydrogens is 416 g/mol. The van der Waals surface area contributed by atoms with Gasteiger partial charge in [0.15, 0.2) is 0 Å². The van der Waals surface area contributed by atoms with E-state index in [1.54, 1.807) is 0 Å². The van der Waals surface area contributed by atoms with E-state index in [9.17, 15) is 5.02 Å². The summed E-state index contributed by atoms with van der Waals surface area (Å²) in [5.74, 6) is 0. The average Bonchev–Trinajstić information content (AvgIpc) is 2.89. The highest BCUT2D eigenvalue weighted by molar-refractivity contribution is 6.81. The van der Waals surface area contributed by atoms with E-state index in [-0.39, 0.29) is 6.98 Å². The van der Waals surface area contributed by atoms with Crippen molar-refractivity contribution in [3.05, 3.63) is 103 Å². The van der Waals surface area contributed by atoms with E-state index >= 15 is 0 Å². The summed E-state index contributed by atoms with van der Waals surface area (Å²) in [6, 6.07) is 35.6. The molecule has 5 aromatic rings. The van der Waals surface area contributed by atoms with Crippen molar-refractivity contribution in [3.8, 4) is 22.3 Å². The normalized spacial score (nSPS) is 13.4. The summed E-state index contributed by atoms with van der Waals surface area (Å²) in [7, 11) is -0.743. The Bertz CT molecular complexity index is 1550. The van der Waals surface area contributed by atoms with Gasteiger partial charge >= 0.3 is 14.0 Å². The summed E-state index contributed by atoms with van der Waals surface area (Å²) in [4.78, 5) is 0. The quantitative estimate of drug-likeness (QED) is 0.307. The first-order chi connectivity index (χ1) is 16.8. The summed E-state index contributed by atoms with van der Waals surface area (Å²) in [6.07, 6.45) is 0. The van der Waals surface area contributed by atoms with E-state index in [2.05, 4.69) is 101 Å². The van der Waals surface area contributed by atoms with Crippen LogP contribution in [0.5, 0.6) is 0 Å². The number of para-hydroxylation sites is 1. The van der Waals surface area contributed by atoms with Gasteiger partial charge in [0.1, 0.15) is 0 Å². The van der Waals surface area contributed by atoms with Crippen molar-refractivity contribution >= 4 is 52.8 Å². The van der Waals surface area contributed by atoms with Gasteiger partial charge in [-0.2, -0.15) is 0 Å². The average molecular weight is 437 g/mol. The zero-order chi connectivity index (χ0) is 22.6. The van der Waals surface area contributed by atoms with Crippen molar-refractivity contribution in [2.45, 2.75) is 0 Å². The topological polar surface area (TPSA) is 56.3 Å². The lowest BCUT2D eigenvalue weighted by molar-refractivity contribution is 0.593. The fourth-order valence-electron chi connectivity index (χ4n) is 5.43. The van der Waals surface area contributed by atoms with Crippen LogP contribution in [-0.4, -0.2) is 19.1 Å². The number of nitrogens with one attached hydrogen (secondary N) is 3. The molecular formula is C28H21B2N3O. The van der Waals surface area contributed by atoms with Crippen LogP contribution < -0.4 is 26.6 Å². The highest BCUT2D eigenvalue weighted by Gasteiger charge is 2.31. The van der Waals surface area contributed by atoms with Gasteiger partial charge in [-0.15, -0.1) is 0 Å². The van der Waals surface area contributed by atoms with Crippen LogP contribution in [0.1, 0.15) is 0 Å². The van der Waals surface area contributed by atoms with Gasteiger partial charge in [0, 0.05) is 33.6 Å². The Morgan fingerprint density at radius 3 is 1.71 bits per heavy atom. The van der Waals surface area contributed by atoms with Crippen molar-refractivity contribution < 1.29 is 5.02 Å². The van der Waals surface area contributed by atoms with Gasteiger partial charge in [0.05, 0.1) is 0 Å². The molecule has 0 aromatic heterocycles. The number of rotatable bonds is 2. The summed E-state index contributed by atoms with van der Waals surface area (Å²) in [5.41, 5.74) is 9.63. The van der Waals surface area contributed by atoms with E-state index in [1.165, 1.54) is 10.8 Å². The Morgan fingerprint density at radius 1 is 0.500 bits per heavy atom. The van der Waals surface area contributed by atoms with E-state index < -0.39 is 7.05 Å². The summed E-state index contributed by atoms with van der Waals surface area (Å²) in [6.45, 7) is -0.0895. The molecule has 0 atom stereocenters. The maximum absolute atomic E-state index is 10.9. The fraction of sp³-hybridized carbons (Fsp3) is 0. The van der Waals surface area contributed by atoms with Gasteiger partial charge in [-0.25, -0.2) is 0 Å². The summed E-state index contributed by atoms with van der Waals surface area (Å²) < 4.78 is 0. The second-order valence-electron chi connectivity index (χ2n) is 8.88. The molecule has 7 rings (SSSR count). The lowest BCUT2D eigenvalue weighted by Crippen LogP contribution is -2.48. The van der Waals surface area contributed by atoms with Crippen molar-refractivity contribution in [2.75, 3.05) is 15.7 Å². The summed E-state index contributed by atoms with van der Waals surface area (Å²) in [5, 5.41) is 24.1. The molecule has 4 N–H and O–H groups in total. The van der Waals surface area contributed by atoms with Crippen LogP contribution in [0.15, 0.2) is 103 Å². The summed E-state index contributed by atoms with van der Waals surface area (Å²) >= 11 is 0. The number of hydrogen-bond acceptors (Lipinski definition) is 4. The fourth-order valence-corrected chi connectivity index (χ4v) is 5.43. The Kier molecular flexibility index (Phi) is 4.23. The van der Waals surface area contributed by atoms with Crippen molar-refractivity contribution in [2.24, 2.45) is 0 Å². The molecule has 0 saturated carbocycles. The zero-order valence-corrected chi connectivity index (χ0v) is 18.4. The zero-order valence-electron chi connectivity index (χ0n) is 18.4.